The van der Waals surface area contributed by atoms with E-state index in [9.17, 15) is 0 Å². The molecule has 5 nitrogen and oxygen atoms in total. The maximum absolute atomic E-state index is 5.63. The zero-order chi connectivity index (χ0) is 19.8. The minimum absolute atomic E-state index is 0. The molecule has 0 radical (unpaired) electrons. The average Bonchev–Trinajstić information content (AvgIpc) is 2.75. The van der Waals surface area contributed by atoms with Crippen molar-refractivity contribution in [1.82, 2.24) is 10.6 Å². The van der Waals surface area contributed by atoms with Gasteiger partial charge in [-0.3, -0.25) is 4.99 Å². The fourth-order valence-corrected chi connectivity index (χ4v) is 3.77. The molecule has 3 rings (SSSR count). The van der Waals surface area contributed by atoms with Gasteiger partial charge in [-0.05, 0) is 37.0 Å². The van der Waals surface area contributed by atoms with Crippen LogP contribution in [-0.2, 0) is 16.7 Å². The summed E-state index contributed by atoms with van der Waals surface area (Å²) in [5.74, 6) is 1.69. The number of methoxy groups -OCH3 is 1. The number of aryl methyl sites for hydroxylation is 1. The van der Waals surface area contributed by atoms with E-state index in [4.69, 9.17) is 9.47 Å². The molecule has 1 fully saturated rings. The highest BCUT2D eigenvalue weighted by atomic mass is 127. The van der Waals surface area contributed by atoms with E-state index in [1.165, 1.54) is 11.1 Å². The molecule has 2 N–H and O–H groups in total. The molecule has 0 aromatic heterocycles. The molecule has 0 aliphatic carbocycles. The molecular formula is C23H32IN3O2. The second kappa shape index (κ2) is 11.4. The standard InChI is InChI=1S/C23H31N3O2.HI/c1-18-9-10-19(21(15-18)27-3)16-25-22(24-2)26-17-23(11-13-28-14-12-23)20-7-5-4-6-8-20;/h4-10,15H,11-14,16-17H2,1-3H3,(H2,24,25,26);1H. The fraction of sp³-hybridized carbons (Fsp3) is 0.435. The quantitative estimate of drug-likeness (QED) is 0.351. The van der Waals surface area contributed by atoms with E-state index in [1.807, 2.05) is 0 Å². The summed E-state index contributed by atoms with van der Waals surface area (Å²) >= 11 is 0. The van der Waals surface area contributed by atoms with Crippen LogP contribution >= 0.6 is 24.0 Å². The van der Waals surface area contributed by atoms with Gasteiger partial charge in [0.25, 0.3) is 0 Å². The number of rotatable bonds is 6. The van der Waals surface area contributed by atoms with E-state index in [2.05, 4.69) is 71.1 Å². The lowest BCUT2D eigenvalue weighted by atomic mass is 9.74. The van der Waals surface area contributed by atoms with Gasteiger partial charge in [-0.25, -0.2) is 0 Å². The van der Waals surface area contributed by atoms with Crippen LogP contribution in [-0.4, -0.2) is 39.9 Å². The van der Waals surface area contributed by atoms with Crippen LogP contribution in [0.3, 0.4) is 0 Å². The highest BCUT2D eigenvalue weighted by Gasteiger charge is 2.34. The second-order valence-corrected chi connectivity index (χ2v) is 7.35. The van der Waals surface area contributed by atoms with Crippen LogP contribution < -0.4 is 15.4 Å². The third-order valence-corrected chi connectivity index (χ3v) is 5.54. The Hall–Kier alpha value is -1.80. The van der Waals surface area contributed by atoms with Crippen LogP contribution in [0.4, 0.5) is 0 Å². The first-order valence-electron chi connectivity index (χ1n) is 9.88. The topological polar surface area (TPSA) is 54.9 Å². The second-order valence-electron chi connectivity index (χ2n) is 7.35. The maximum atomic E-state index is 5.63. The zero-order valence-electron chi connectivity index (χ0n) is 17.5. The SMILES string of the molecule is CN=C(NCc1ccc(C)cc1OC)NCC1(c2ccccc2)CCOCC1.I. The molecule has 1 heterocycles. The Labute approximate surface area is 191 Å². The van der Waals surface area contributed by atoms with Crippen LogP contribution in [0.15, 0.2) is 53.5 Å². The first-order valence-corrected chi connectivity index (χ1v) is 9.88. The zero-order valence-corrected chi connectivity index (χ0v) is 19.9. The Kier molecular flexibility index (Phi) is 9.23. The highest BCUT2D eigenvalue weighted by molar-refractivity contribution is 14.0. The molecule has 29 heavy (non-hydrogen) atoms. The molecule has 1 aliphatic rings. The highest BCUT2D eigenvalue weighted by Crippen LogP contribution is 2.34. The van der Waals surface area contributed by atoms with Crippen molar-refractivity contribution in [2.45, 2.75) is 31.7 Å². The summed E-state index contributed by atoms with van der Waals surface area (Å²) in [5, 5.41) is 6.96. The van der Waals surface area contributed by atoms with Crippen molar-refractivity contribution >= 4 is 29.9 Å². The largest absolute Gasteiger partial charge is 0.496 e. The molecule has 2 aromatic rings. The summed E-state index contributed by atoms with van der Waals surface area (Å²) in [7, 11) is 3.51. The van der Waals surface area contributed by atoms with Crippen molar-refractivity contribution in [1.29, 1.82) is 0 Å². The number of guanidine groups is 1. The van der Waals surface area contributed by atoms with Gasteiger partial charge in [0.2, 0.25) is 0 Å². The molecule has 1 saturated heterocycles. The van der Waals surface area contributed by atoms with E-state index in [0.29, 0.717) is 6.54 Å². The summed E-state index contributed by atoms with van der Waals surface area (Å²) < 4.78 is 11.1. The number of benzene rings is 2. The molecule has 0 saturated carbocycles. The van der Waals surface area contributed by atoms with E-state index in [0.717, 1.165) is 49.9 Å². The molecule has 0 amide bonds. The van der Waals surface area contributed by atoms with Gasteiger partial charge in [0, 0.05) is 44.3 Å². The average molecular weight is 509 g/mol. The van der Waals surface area contributed by atoms with Crippen molar-refractivity contribution in [3.05, 3.63) is 65.2 Å². The molecule has 0 atom stereocenters. The minimum Gasteiger partial charge on any atom is -0.496 e. The van der Waals surface area contributed by atoms with Crippen molar-refractivity contribution in [2.75, 3.05) is 33.9 Å². The van der Waals surface area contributed by atoms with Crippen molar-refractivity contribution in [3.63, 3.8) is 0 Å². The van der Waals surface area contributed by atoms with Gasteiger partial charge in [-0.2, -0.15) is 0 Å². The van der Waals surface area contributed by atoms with Gasteiger partial charge in [-0.1, -0.05) is 42.5 Å². The Morgan fingerprint density at radius 3 is 2.48 bits per heavy atom. The number of nitrogens with zero attached hydrogens (tertiary/aromatic N) is 1. The van der Waals surface area contributed by atoms with E-state index in [-0.39, 0.29) is 29.4 Å². The normalized spacial score (nSPS) is 15.9. The van der Waals surface area contributed by atoms with Gasteiger partial charge in [0.15, 0.2) is 5.96 Å². The summed E-state index contributed by atoms with van der Waals surface area (Å²) in [4.78, 5) is 4.41. The van der Waals surface area contributed by atoms with Gasteiger partial charge >= 0.3 is 0 Å². The van der Waals surface area contributed by atoms with Gasteiger partial charge in [0.05, 0.1) is 7.11 Å². The fourth-order valence-electron chi connectivity index (χ4n) is 3.77. The van der Waals surface area contributed by atoms with E-state index < -0.39 is 0 Å². The van der Waals surface area contributed by atoms with Crippen LogP contribution in [0.5, 0.6) is 5.75 Å². The molecule has 6 heteroatoms. The van der Waals surface area contributed by atoms with Gasteiger partial charge in [0.1, 0.15) is 5.75 Å². The number of nitrogens with one attached hydrogen (secondary N) is 2. The summed E-state index contributed by atoms with van der Waals surface area (Å²) in [6.45, 7) is 5.14. The molecule has 0 unspecified atom stereocenters. The molecule has 2 aromatic carbocycles. The molecule has 0 bridgehead atoms. The van der Waals surface area contributed by atoms with E-state index >= 15 is 0 Å². The molecular weight excluding hydrogens is 477 g/mol. The van der Waals surface area contributed by atoms with Crippen molar-refractivity contribution in [2.24, 2.45) is 4.99 Å². The first-order chi connectivity index (χ1) is 13.7. The van der Waals surface area contributed by atoms with Crippen molar-refractivity contribution in [3.8, 4) is 5.75 Å². The predicted molar refractivity (Wildman–Crippen MR) is 130 cm³/mol. The lowest BCUT2D eigenvalue weighted by Crippen LogP contribution is -2.47. The molecule has 0 spiro atoms. The monoisotopic (exact) mass is 509 g/mol. The summed E-state index contributed by atoms with van der Waals surface area (Å²) in [5.41, 5.74) is 3.73. The Balaban J connectivity index is 0.00000300. The van der Waals surface area contributed by atoms with Gasteiger partial charge < -0.3 is 20.1 Å². The number of ether oxygens (including phenoxy) is 2. The van der Waals surface area contributed by atoms with Gasteiger partial charge in [-0.15, -0.1) is 24.0 Å². The number of hydrogen-bond acceptors (Lipinski definition) is 3. The predicted octanol–water partition coefficient (Wildman–Crippen LogP) is 4.04. The lowest BCUT2D eigenvalue weighted by molar-refractivity contribution is 0.0514. The maximum Gasteiger partial charge on any atom is 0.191 e. The van der Waals surface area contributed by atoms with Crippen LogP contribution in [0, 0.1) is 6.92 Å². The van der Waals surface area contributed by atoms with E-state index in [1.54, 1.807) is 14.2 Å². The number of aliphatic imine (C=N–C) groups is 1. The smallest absolute Gasteiger partial charge is 0.191 e. The van der Waals surface area contributed by atoms with Crippen LogP contribution in [0.2, 0.25) is 0 Å². The Morgan fingerprint density at radius 2 is 1.83 bits per heavy atom. The van der Waals surface area contributed by atoms with Crippen LogP contribution in [0.1, 0.15) is 29.5 Å². The summed E-state index contributed by atoms with van der Waals surface area (Å²) in [6, 6.07) is 17.0. The summed E-state index contributed by atoms with van der Waals surface area (Å²) in [6.07, 6.45) is 2.01. The lowest BCUT2D eigenvalue weighted by Gasteiger charge is -2.38. The van der Waals surface area contributed by atoms with Crippen molar-refractivity contribution < 1.29 is 9.47 Å². The Morgan fingerprint density at radius 1 is 1.10 bits per heavy atom. The minimum atomic E-state index is 0. The molecule has 158 valence electrons. The van der Waals surface area contributed by atoms with Crippen LogP contribution in [0.25, 0.3) is 0 Å². The first kappa shape index (κ1) is 23.5. The third kappa shape index (κ3) is 6.09. The Bertz CT molecular complexity index is 790. The molecule has 1 aliphatic heterocycles. The number of hydrogen-bond donors (Lipinski definition) is 2. The number of halogens is 1. The third-order valence-electron chi connectivity index (χ3n) is 5.54.